The molecule has 1 aliphatic heterocycles. The van der Waals surface area contributed by atoms with Crippen molar-refractivity contribution in [2.75, 3.05) is 42.3 Å². The van der Waals surface area contributed by atoms with E-state index in [4.69, 9.17) is 0 Å². The van der Waals surface area contributed by atoms with Gasteiger partial charge in [0.2, 0.25) is 0 Å². The molecule has 6 nitrogen and oxygen atoms in total. The van der Waals surface area contributed by atoms with E-state index < -0.39 is 0 Å². The minimum absolute atomic E-state index is 0.136. The number of aromatic nitrogens is 2. The maximum absolute atomic E-state index is 12.6. The van der Waals surface area contributed by atoms with Crippen LogP contribution in [0.5, 0.6) is 0 Å². The summed E-state index contributed by atoms with van der Waals surface area (Å²) >= 11 is 0. The van der Waals surface area contributed by atoms with Crippen molar-refractivity contribution in [1.29, 1.82) is 0 Å². The van der Waals surface area contributed by atoms with Crippen molar-refractivity contribution in [2.45, 2.75) is 12.8 Å². The van der Waals surface area contributed by atoms with Gasteiger partial charge in [-0.15, -0.1) is 10.2 Å². The highest BCUT2D eigenvalue weighted by molar-refractivity contribution is 6.04. The van der Waals surface area contributed by atoms with Crippen molar-refractivity contribution in [2.24, 2.45) is 0 Å². The Kier molecular flexibility index (Phi) is 5.42. The number of nitrogens with one attached hydrogen (secondary N) is 1. The van der Waals surface area contributed by atoms with Gasteiger partial charge in [-0.05, 0) is 61.4 Å². The molecule has 1 saturated heterocycles. The first-order valence-electron chi connectivity index (χ1n) is 9.88. The summed E-state index contributed by atoms with van der Waals surface area (Å²) in [5, 5.41) is 11.7. The quantitative estimate of drug-likeness (QED) is 0.715. The number of amides is 1. The molecular weight excluding hydrogens is 362 g/mol. The Hall–Kier alpha value is -3.41. The van der Waals surface area contributed by atoms with Crippen molar-refractivity contribution in [1.82, 2.24) is 10.2 Å². The molecule has 2 heterocycles. The molecule has 4 rings (SSSR count). The Balaban J connectivity index is 1.47. The third kappa shape index (κ3) is 4.37. The summed E-state index contributed by atoms with van der Waals surface area (Å²) in [7, 11) is 3.95. The van der Waals surface area contributed by atoms with Crippen LogP contribution in [0.15, 0.2) is 60.7 Å². The zero-order valence-corrected chi connectivity index (χ0v) is 16.8. The average Bonchev–Trinajstić information content (AvgIpc) is 3.29. The molecule has 1 fully saturated rings. The van der Waals surface area contributed by atoms with E-state index in [1.165, 1.54) is 12.8 Å². The van der Waals surface area contributed by atoms with Gasteiger partial charge in [-0.2, -0.15) is 0 Å². The minimum Gasteiger partial charge on any atom is -0.378 e. The Labute approximate surface area is 171 Å². The minimum atomic E-state index is -0.136. The van der Waals surface area contributed by atoms with Gasteiger partial charge in [0.25, 0.3) is 5.91 Å². The number of nitrogens with zero attached hydrogens (tertiary/aromatic N) is 4. The van der Waals surface area contributed by atoms with Crippen LogP contribution >= 0.6 is 0 Å². The van der Waals surface area contributed by atoms with Crippen LogP contribution in [0.4, 0.5) is 17.2 Å². The van der Waals surface area contributed by atoms with Gasteiger partial charge in [-0.3, -0.25) is 4.79 Å². The normalized spacial score (nSPS) is 13.4. The van der Waals surface area contributed by atoms with Gasteiger partial charge in [0.15, 0.2) is 5.82 Å². The fourth-order valence-electron chi connectivity index (χ4n) is 3.46. The van der Waals surface area contributed by atoms with Gasteiger partial charge >= 0.3 is 0 Å². The lowest BCUT2D eigenvalue weighted by Gasteiger charge is -2.15. The predicted molar refractivity (Wildman–Crippen MR) is 118 cm³/mol. The molecule has 148 valence electrons. The third-order valence-corrected chi connectivity index (χ3v) is 5.14. The molecule has 0 atom stereocenters. The van der Waals surface area contributed by atoms with Crippen molar-refractivity contribution in [3.8, 4) is 11.3 Å². The molecule has 0 spiro atoms. The first kappa shape index (κ1) is 18.9. The Morgan fingerprint density at radius 2 is 1.72 bits per heavy atom. The summed E-state index contributed by atoms with van der Waals surface area (Å²) in [6, 6.07) is 19.2. The highest BCUT2D eigenvalue weighted by atomic mass is 16.1. The van der Waals surface area contributed by atoms with Gasteiger partial charge in [-0.25, -0.2) is 0 Å². The molecule has 1 N–H and O–H groups in total. The van der Waals surface area contributed by atoms with Crippen molar-refractivity contribution < 1.29 is 4.79 Å². The van der Waals surface area contributed by atoms with Crippen LogP contribution in [-0.2, 0) is 0 Å². The third-order valence-electron chi connectivity index (χ3n) is 5.14. The molecule has 0 bridgehead atoms. The Morgan fingerprint density at radius 3 is 2.38 bits per heavy atom. The van der Waals surface area contributed by atoms with Crippen molar-refractivity contribution in [3.63, 3.8) is 0 Å². The molecule has 1 aromatic heterocycles. The second-order valence-electron chi connectivity index (χ2n) is 7.45. The van der Waals surface area contributed by atoms with Crippen LogP contribution in [0.3, 0.4) is 0 Å². The molecule has 0 saturated carbocycles. The number of carbonyl (C=O) groups is 1. The average molecular weight is 387 g/mol. The van der Waals surface area contributed by atoms with Gasteiger partial charge in [0.1, 0.15) is 0 Å². The van der Waals surface area contributed by atoms with E-state index in [0.29, 0.717) is 5.56 Å². The lowest BCUT2D eigenvalue weighted by Crippen LogP contribution is -2.19. The van der Waals surface area contributed by atoms with Crippen LogP contribution in [-0.4, -0.2) is 43.3 Å². The summed E-state index contributed by atoms with van der Waals surface area (Å²) < 4.78 is 0. The van der Waals surface area contributed by atoms with Gasteiger partial charge in [-0.1, -0.05) is 12.1 Å². The van der Waals surface area contributed by atoms with Gasteiger partial charge in [0, 0.05) is 49.7 Å². The van der Waals surface area contributed by atoms with Crippen LogP contribution in [0.25, 0.3) is 11.3 Å². The summed E-state index contributed by atoms with van der Waals surface area (Å²) in [5.41, 5.74) is 4.12. The molecule has 2 aromatic carbocycles. The van der Waals surface area contributed by atoms with Gasteiger partial charge < -0.3 is 15.1 Å². The summed E-state index contributed by atoms with van der Waals surface area (Å²) in [4.78, 5) is 16.8. The molecule has 1 amide bonds. The molecule has 29 heavy (non-hydrogen) atoms. The summed E-state index contributed by atoms with van der Waals surface area (Å²) in [5.74, 6) is 0.791. The predicted octanol–water partition coefficient (Wildman–Crippen LogP) is 4.06. The molecule has 6 heteroatoms. The first-order valence-corrected chi connectivity index (χ1v) is 9.88. The number of anilines is 3. The monoisotopic (exact) mass is 387 g/mol. The van der Waals surface area contributed by atoms with Gasteiger partial charge in [0.05, 0.1) is 5.69 Å². The highest BCUT2D eigenvalue weighted by Gasteiger charge is 2.14. The van der Waals surface area contributed by atoms with Crippen LogP contribution in [0.1, 0.15) is 23.2 Å². The largest absolute Gasteiger partial charge is 0.378 e. The standard InChI is InChI=1S/C23H25N5O/c1-27(2)20-10-8-17(9-11-20)23(29)24-19-7-5-6-18(16-19)21-12-13-22(26-25-21)28-14-3-4-15-28/h5-13,16H,3-4,14-15H2,1-2H3,(H,24,29). The van der Waals surface area contributed by atoms with E-state index in [2.05, 4.69) is 20.4 Å². The van der Waals surface area contributed by atoms with E-state index in [-0.39, 0.29) is 5.91 Å². The SMILES string of the molecule is CN(C)c1ccc(C(=O)Nc2cccc(-c3ccc(N4CCCC4)nn3)c2)cc1. The number of benzene rings is 2. The number of hydrogen-bond acceptors (Lipinski definition) is 5. The lowest BCUT2D eigenvalue weighted by atomic mass is 10.1. The van der Waals surface area contributed by atoms with E-state index in [1.54, 1.807) is 0 Å². The van der Waals surface area contributed by atoms with E-state index in [1.807, 2.05) is 79.7 Å². The van der Waals surface area contributed by atoms with Crippen LogP contribution < -0.4 is 15.1 Å². The van der Waals surface area contributed by atoms with E-state index >= 15 is 0 Å². The number of carbonyl (C=O) groups excluding carboxylic acids is 1. The molecule has 0 radical (unpaired) electrons. The number of rotatable bonds is 5. The highest BCUT2D eigenvalue weighted by Crippen LogP contribution is 2.23. The van der Waals surface area contributed by atoms with E-state index in [9.17, 15) is 4.79 Å². The van der Waals surface area contributed by atoms with E-state index in [0.717, 1.165) is 41.5 Å². The summed E-state index contributed by atoms with van der Waals surface area (Å²) in [6.07, 6.45) is 2.42. The molecule has 1 aliphatic rings. The molecular formula is C23H25N5O. The smallest absolute Gasteiger partial charge is 0.255 e. The van der Waals surface area contributed by atoms with Crippen molar-refractivity contribution in [3.05, 3.63) is 66.2 Å². The lowest BCUT2D eigenvalue weighted by molar-refractivity contribution is 0.102. The first-order chi connectivity index (χ1) is 14.1. The molecule has 0 unspecified atom stereocenters. The van der Waals surface area contributed by atoms with Crippen LogP contribution in [0, 0.1) is 0 Å². The summed E-state index contributed by atoms with van der Waals surface area (Å²) in [6.45, 7) is 2.09. The second kappa shape index (κ2) is 8.31. The zero-order valence-electron chi connectivity index (χ0n) is 16.8. The maximum Gasteiger partial charge on any atom is 0.255 e. The van der Waals surface area contributed by atoms with Crippen LogP contribution in [0.2, 0.25) is 0 Å². The number of hydrogen-bond donors (Lipinski definition) is 1. The Bertz CT molecular complexity index is 977. The molecule has 3 aromatic rings. The maximum atomic E-state index is 12.6. The second-order valence-corrected chi connectivity index (χ2v) is 7.45. The fraction of sp³-hybridized carbons (Fsp3) is 0.261. The zero-order chi connectivity index (χ0) is 20.2. The Morgan fingerprint density at radius 1 is 0.966 bits per heavy atom. The topological polar surface area (TPSA) is 61.4 Å². The molecule has 0 aliphatic carbocycles. The van der Waals surface area contributed by atoms with Crippen molar-refractivity contribution >= 4 is 23.1 Å². The fourth-order valence-corrected chi connectivity index (χ4v) is 3.46.